The topological polar surface area (TPSA) is 55.2 Å². The molecule has 2 aromatic carbocycles. The number of hydrogen-bond acceptors (Lipinski definition) is 4. The van der Waals surface area contributed by atoms with Crippen LogP contribution in [0.2, 0.25) is 0 Å². The lowest BCUT2D eigenvalue weighted by molar-refractivity contribution is 0.0642. The van der Waals surface area contributed by atoms with Gasteiger partial charge in [-0.2, -0.15) is 0 Å². The Hall–Kier alpha value is -3.25. The Balaban J connectivity index is 1.38. The minimum absolute atomic E-state index is 0.218. The number of carbonyl (C=O) groups excluding carboxylic acids is 2. The number of aryl methyl sites for hydroxylation is 1. The molecule has 2 aromatic heterocycles. The van der Waals surface area contributed by atoms with Crippen molar-refractivity contribution < 1.29 is 9.59 Å². The van der Waals surface area contributed by atoms with Crippen LogP contribution in [0, 0.1) is 6.92 Å². The molecule has 0 radical (unpaired) electrons. The maximum absolute atomic E-state index is 12.6. The molecular formula is C22H17N3O2S. The zero-order valence-electron chi connectivity index (χ0n) is 15.3. The molecule has 0 atom stereocenters. The van der Waals surface area contributed by atoms with Gasteiger partial charge in [-0.25, -0.2) is 4.98 Å². The number of imidazole rings is 1. The molecule has 2 amide bonds. The number of amides is 2. The van der Waals surface area contributed by atoms with Crippen molar-refractivity contribution in [2.75, 3.05) is 0 Å². The number of nitrogens with zero attached hydrogens (tertiary/aromatic N) is 3. The van der Waals surface area contributed by atoms with Crippen LogP contribution in [0.5, 0.6) is 0 Å². The van der Waals surface area contributed by atoms with Crippen molar-refractivity contribution in [3.05, 3.63) is 87.4 Å². The first-order valence-corrected chi connectivity index (χ1v) is 9.93. The van der Waals surface area contributed by atoms with Gasteiger partial charge in [0.2, 0.25) is 0 Å². The Bertz CT molecular complexity index is 1200. The number of benzene rings is 2. The molecule has 6 heteroatoms. The van der Waals surface area contributed by atoms with Crippen molar-refractivity contribution >= 4 is 34.2 Å². The van der Waals surface area contributed by atoms with E-state index >= 15 is 0 Å². The first-order valence-electron chi connectivity index (χ1n) is 9.05. The summed E-state index contributed by atoms with van der Waals surface area (Å²) in [5.74, 6) is 0.533. The number of rotatable bonds is 4. The number of thiophene rings is 1. The predicted octanol–water partition coefficient (Wildman–Crippen LogP) is 4.25. The standard InChI is InChI=1S/C22H17N3O2S/c1-14-23-19-8-4-5-9-20(19)24(14)12-16-10-15(13-28-16)11-25-21(26)17-6-2-3-7-18(17)22(25)27/h2-10,13H,11-12H2,1H3. The quantitative estimate of drug-likeness (QED) is 0.492. The van der Waals surface area contributed by atoms with Crippen LogP contribution < -0.4 is 0 Å². The van der Waals surface area contributed by atoms with E-state index in [4.69, 9.17) is 0 Å². The first-order chi connectivity index (χ1) is 13.6. The Morgan fingerprint density at radius 3 is 2.36 bits per heavy atom. The van der Waals surface area contributed by atoms with Crippen LogP contribution in [-0.4, -0.2) is 26.3 Å². The van der Waals surface area contributed by atoms with E-state index in [9.17, 15) is 9.59 Å². The second kappa shape index (κ2) is 6.42. The van der Waals surface area contributed by atoms with Crippen LogP contribution in [0.1, 0.15) is 37.0 Å². The molecule has 28 heavy (non-hydrogen) atoms. The van der Waals surface area contributed by atoms with Crippen LogP contribution in [-0.2, 0) is 13.1 Å². The highest BCUT2D eigenvalue weighted by atomic mass is 32.1. The molecule has 0 aliphatic carbocycles. The van der Waals surface area contributed by atoms with Gasteiger partial charge in [0.15, 0.2) is 0 Å². The molecule has 138 valence electrons. The van der Waals surface area contributed by atoms with E-state index in [1.54, 1.807) is 35.6 Å². The molecule has 0 bridgehead atoms. The second-order valence-electron chi connectivity index (χ2n) is 6.90. The maximum atomic E-state index is 12.6. The van der Waals surface area contributed by atoms with Crippen LogP contribution in [0.15, 0.2) is 60.0 Å². The third-order valence-electron chi connectivity index (χ3n) is 5.09. The summed E-state index contributed by atoms with van der Waals surface area (Å²) in [4.78, 5) is 32.2. The van der Waals surface area contributed by atoms with Gasteiger partial charge in [-0.15, -0.1) is 11.3 Å². The molecule has 0 spiro atoms. The van der Waals surface area contributed by atoms with Gasteiger partial charge in [-0.3, -0.25) is 14.5 Å². The lowest BCUT2D eigenvalue weighted by atomic mass is 10.1. The van der Waals surface area contributed by atoms with Crippen molar-refractivity contribution in [2.24, 2.45) is 0 Å². The van der Waals surface area contributed by atoms with E-state index in [0.717, 1.165) is 33.8 Å². The van der Waals surface area contributed by atoms with Gasteiger partial charge in [0.1, 0.15) is 5.82 Å². The zero-order valence-corrected chi connectivity index (χ0v) is 16.1. The molecule has 0 fully saturated rings. The number of hydrogen-bond donors (Lipinski definition) is 0. The smallest absolute Gasteiger partial charge is 0.261 e. The fourth-order valence-electron chi connectivity index (χ4n) is 3.71. The van der Waals surface area contributed by atoms with Gasteiger partial charge in [-0.1, -0.05) is 24.3 Å². The Kier molecular flexibility index (Phi) is 3.87. The average molecular weight is 387 g/mol. The molecule has 0 N–H and O–H groups in total. The number of aromatic nitrogens is 2. The summed E-state index contributed by atoms with van der Waals surface area (Å²) < 4.78 is 2.19. The minimum Gasteiger partial charge on any atom is -0.323 e. The van der Waals surface area contributed by atoms with Gasteiger partial charge in [0.05, 0.1) is 35.2 Å². The largest absolute Gasteiger partial charge is 0.323 e. The van der Waals surface area contributed by atoms with E-state index in [-0.39, 0.29) is 11.8 Å². The average Bonchev–Trinajstić information content (AvgIpc) is 3.35. The number of fused-ring (bicyclic) bond motifs is 2. The molecule has 5 nitrogen and oxygen atoms in total. The van der Waals surface area contributed by atoms with Gasteiger partial charge in [0, 0.05) is 4.88 Å². The molecule has 1 aliphatic rings. The van der Waals surface area contributed by atoms with Gasteiger partial charge < -0.3 is 4.57 Å². The minimum atomic E-state index is -0.218. The highest BCUT2D eigenvalue weighted by Gasteiger charge is 2.35. The van der Waals surface area contributed by atoms with Gasteiger partial charge >= 0.3 is 0 Å². The lowest BCUT2D eigenvalue weighted by Gasteiger charge is -2.12. The van der Waals surface area contributed by atoms with E-state index in [0.29, 0.717) is 17.7 Å². The summed E-state index contributed by atoms with van der Waals surface area (Å²) in [7, 11) is 0. The molecule has 5 rings (SSSR count). The molecule has 1 aliphatic heterocycles. The fraction of sp³-hybridized carbons (Fsp3) is 0.136. The molecule has 3 heterocycles. The van der Waals surface area contributed by atoms with E-state index in [1.807, 2.05) is 30.5 Å². The highest BCUT2D eigenvalue weighted by molar-refractivity contribution is 7.10. The molecular weight excluding hydrogens is 370 g/mol. The zero-order chi connectivity index (χ0) is 19.3. The Labute approximate surface area is 165 Å². The van der Waals surface area contributed by atoms with Crippen LogP contribution in [0.25, 0.3) is 11.0 Å². The van der Waals surface area contributed by atoms with Crippen LogP contribution in [0.4, 0.5) is 0 Å². The summed E-state index contributed by atoms with van der Waals surface area (Å²) in [6.45, 7) is 3.03. The highest BCUT2D eigenvalue weighted by Crippen LogP contribution is 2.26. The normalized spacial score (nSPS) is 13.5. The number of imide groups is 1. The number of para-hydroxylation sites is 2. The predicted molar refractivity (Wildman–Crippen MR) is 109 cm³/mol. The lowest BCUT2D eigenvalue weighted by Crippen LogP contribution is -2.28. The molecule has 0 saturated carbocycles. The van der Waals surface area contributed by atoms with Crippen molar-refractivity contribution in [1.82, 2.24) is 14.5 Å². The van der Waals surface area contributed by atoms with Crippen molar-refractivity contribution in [2.45, 2.75) is 20.0 Å². The van der Waals surface area contributed by atoms with Crippen LogP contribution in [0.3, 0.4) is 0 Å². The van der Waals surface area contributed by atoms with E-state index < -0.39 is 0 Å². The van der Waals surface area contributed by atoms with Gasteiger partial charge in [-0.05, 0) is 48.2 Å². The summed E-state index contributed by atoms with van der Waals surface area (Å²) in [6.07, 6.45) is 0. The number of carbonyl (C=O) groups is 2. The summed E-state index contributed by atoms with van der Waals surface area (Å²) in [6, 6.07) is 17.2. The summed E-state index contributed by atoms with van der Waals surface area (Å²) in [5, 5.41) is 2.02. The van der Waals surface area contributed by atoms with E-state index in [1.165, 1.54) is 4.90 Å². The SMILES string of the molecule is Cc1nc2ccccc2n1Cc1cc(CN2C(=O)c3ccccc3C2=O)cs1. The Morgan fingerprint density at radius 2 is 1.61 bits per heavy atom. The maximum Gasteiger partial charge on any atom is 0.261 e. The third-order valence-corrected chi connectivity index (χ3v) is 6.06. The van der Waals surface area contributed by atoms with Crippen molar-refractivity contribution in [3.8, 4) is 0 Å². The fourth-order valence-corrected chi connectivity index (χ4v) is 4.58. The van der Waals surface area contributed by atoms with Gasteiger partial charge in [0.25, 0.3) is 11.8 Å². The third kappa shape index (κ3) is 2.65. The molecule has 4 aromatic rings. The van der Waals surface area contributed by atoms with E-state index in [2.05, 4.69) is 21.7 Å². The summed E-state index contributed by atoms with van der Waals surface area (Å²) in [5.41, 5.74) is 4.04. The molecule has 0 unspecified atom stereocenters. The Morgan fingerprint density at radius 1 is 0.929 bits per heavy atom. The monoisotopic (exact) mass is 387 g/mol. The molecule has 0 saturated heterocycles. The summed E-state index contributed by atoms with van der Waals surface area (Å²) >= 11 is 1.64. The first kappa shape index (κ1) is 16.9. The van der Waals surface area contributed by atoms with Crippen LogP contribution >= 0.6 is 11.3 Å². The van der Waals surface area contributed by atoms with Crippen molar-refractivity contribution in [3.63, 3.8) is 0 Å². The van der Waals surface area contributed by atoms with Crippen molar-refractivity contribution in [1.29, 1.82) is 0 Å². The second-order valence-corrected chi connectivity index (χ2v) is 7.89.